The third-order valence-corrected chi connectivity index (χ3v) is 2.99. The van der Waals surface area contributed by atoms with E-state index in [2.05, 4.69) is 15.9 Å². The van der Waals surface area contributed by atoms with Gasteiger partial charge in [-0.25, -0.2) is 0 Å². The van der Waals surface area contributed by atoms with E-state index >= 15 is 0 Å². The van der Waals surface area contributed by atoms with Crippen LogP contribution in [-0.2, 0) is 0 Å². The van der Waals surface area contributed by atoms with Gasteiger partial charge in [-0.3, -0.25) is 4.79 Å². The zero-order chi connectivity index (χ0) is 10.0. The summed E-state index contributed by atoms with van der Waals surface area (Å²) in [5.74, 6) is 0.646. The Morgan fingerprint density at radius 1 is 1.38 bits per heavy atom. The molecule has 13 heavy (non-hydrogen) atoms. The molecule has 0 aromatic heterocycles. The molecule has 0 amide bonds. The van der Waals surface area contributed by atoms with Gasteiger partial charge in [0, 0.05) is 4.47 Å². The molecule has 0 heterocycles. The Bertz CT molecular complexity index is 345. The van der Waals surface area contributed by atoms with Gasteiger partial charge in [-0.1, -0.05) is 6.07 Å². The summed E-state index contributed by atoms with van der Waals surface area (Å²) in [6.07, 6.45) is 0.808. The topological polar surface area (TPSA) is 26.3 Å². The van der Waals surface area contributed by atoms with Crippen LogP contribution in [0.25, 0.3) is 0 Å². The van der Waals surface area contributed by atoms with Gasteiger partial charge in [0.05, 0.1) is 12.7 Å². The molecule has 0 aliphatic rings. The van der Waals surface area contributed by atoms with Gasteiger partial charge in [0.25, 0.3) is 0 Å². The van der Waals surface area contributed by atoms with Crippen LogP contribution in [0.1, 0.15) is 21.5 Å². The fraction of sp³-hybridized carbons (Fsp3) is 0.300. The number of ether oxygens (including phenoxy) is 1. The predicted octanol–water partition coefficient (Wildman–Crippen LogP) is 2.89. The van der Waals surface area contributed by atoms with Crippen molar-refractivity contribution in [3.05, 3.63) is 27.2 Å². The van der Waals surface area contributed by atoms with Gasteiger partial charge >= 0.3 is 0 Å². The Balaban J connectivity index is 3.50. The Labute approximate surface area is 86.0 Å². The maximum atomic E-state index is 10.8. The van der Waals surface area contributed by atoms with Gasteiger partial charge in [-0.2, -0.15) is 0 Å². The summed E-state index contributed by atoms with van der Waals surface area (Å²) < 4.78 is 5.95. The Kier molecular flexibility index (Phi) is 3.09. The molecule has 2 nitrogen and oxygen atoms in total. The summed E-state index contributed by atoms with van der Waals surface area (Å²) in [6.45, 7) is 3.87. The number of benzene rings is 1. The number of aryl methyl sites for hydroxylation is 2. The average molecular weight is 243 g/mol. The molecule has 0 atom stereocenters. The Morgan fingerprint density at radius 3 is 2.46 bits per heavy atom. The third kappa shape index (κ3) is 1.75. The van der Waals surface area contributed by atoms with Crippen molar-refractivity contribution < 1.29 is 9.53 Å². The number of carbonyl (C=O) groups excluding carboxylic acids is 1. The van der Waals surface area contributed by atoms with Crippen molar-refractivity contribution in [2.45, 2.75) is 13.8 Å². The molecule has 0 aliphatic carbocycles. The molecule has 0 aliphatic heterocycles. The molecular formula is C10H11BrO2. The highest BCUT2D eigenvalue weighted by atomic mass is 79.9. The molecule has 70 valence electrons. The number of methoxy groups -OCH3 is 1. The number of hydrogen-bond donors (Lipinski definition) is 0. The van der Waals surface area contributed by atoms with Gasteiger partial charge in [-0.05, 0) is 40.9 Å². The van der Waals surface area contributed by atoms with Crippen LogP contribution >= 0.6 is 15.9 Å². The second kappa shape index (κ2) is 3.92. The standard InChI is InChI=1S/C10H11BrO2/c1-6-4-7(2)10(13-3)8(5-12)9(6)11/h4-5H,1-3H3. The molecule has 1 rings (SSSR count). The minimum Gasteiger partial charge on any atom is -0.496 e. The third-order valence-electron chi connectivity index (χ3n) is 1.94. The van der Waals surface area contributed by atoms with Crippen LogP contribution in [0.15, 0.2) is 10.5 Å². The first-order valence-corrected chi connectivity index (χ1v) is 4.70. The van der Waals surface area contributed by atoms with E-state index in [-0.39, 0.29) is 0 Å². The normalized spacial score (nSPS) is 9.85. The molecule has 0 fully saturated rings. The number of rotatable bonds is 2. The largest absolute Gasteiger partial charge is 0.496 e. The van der Waals surface area contributed by atoms with Crippen molar-refractivity contribution in [1.82, 2.24) is 0 Å². The van der Waals surface area contributed by atoms with E-state index in [0.717, 1.165) is 21.9 Å². The maximum absolute atomic E-state index is 10.8. The van der Waals surface area contributed by atoms with E-state index < -0.39 is 0 Å². The minimum atomic E-state index is 0.583. The lowest BCUT2D eigenvalue weighted by molar-refractivity contribution is 0.111. The second-order valence-corrected chi connectivity index (χ2v) is 3.68. The molecular weight excluding hydrogens is 232 g/mol. The van der Waals surface area contributed by atoms with Crippen molar-refractivity contribution in [3.63, 3.8) is 0 Å². The van der Waals surface area contributed by atoms with Crippen molar-refractivity contribution >= 4 is 22.2 Å². The van der Waals surface area contributed by atoms with Crippen molar-refractivity contribution in [3.8, 4) is 5.75 Å². The van der Waals surface area contributed by atoms with Crippen LogP contribution in [0.3, 0.4) is 0 Å². The smallest absolute Gasteiger partial charge is 0.154 e. The molecule has 1 aromatic rings. The molecule has 0 unspecified atom stereocenters. The first kappa shape index (κ1) is 10.3. The van der Waals surface area contributed by atoms with Gasteiger partial charge in [-0.15, -0.1) is 0 Å². The van der Waals surface area contributed by atoms with E-state index in [1.165, 1.54) is 0 Å². The molecule has 0 N–H and O–H groups in total. The molecule has 3 heteroatoms. The SMILES string of the molecule is COc1c(C)cc(C)c(Br)c1C=O. The highest BCUT2D eigenvalue weighted by molar-refractivity contribution is 9.10. The lowest BCUT2D eigenvalue weighted by Gasteiger charge is -2.11. The number of carbonyl (C=O) groups is 1. The number of halogens is 1. The molecule has 1 aromatic carbocycles. The van der Waals surface area contributed by atoms with E-state index in [1.807, 2.05) is 19.9 Å². The fourth-order valence-corrected chi connectivity index (χ4v) is 1.74. The summed E-state index contributed by atoms with van der Waals surface area (Å²) in [5.41, 5.74) is 2.60. The van der Waals surface area contributed by atoms with Gasteiger partial charge in [0.1, 0.15) is 5.75 Å². The summed E-state index contributed by atoms with van der Waals surface area (Å²) in [5, 5.41) is 0. The first-order chi connectivity index (χ1) is 6.11. The predicted molar refractivity (Wildman–Crippen MR) is 55.6 cm³/mol. The number of hydrogen-bond acceptors (Lipinski definition) is 2. The van der Waals surface area contributed by atoms with Crippen LogP contribution in [-0.4, -0.2) is 13.4 Å². The molecule has 0 radical (unpaired) electrons. The maximum Gasteiger partial charge on any atom is 0.154 e. The molecule has 0 spiro atoms. The van der Waals surface area contributed by atoms with Crippen molar-refractivity contribution in [1.29, 1.82) is 0 Å². The number of aldehydes is 1. The summed E-state index contributed by atoms with van der Waals surface area (Å²) in [4.78, 5) is 10.8. The Hall–Kier alpha value is -0.830. The van der Waals surface area contributed by atoms with Crippen LogP contribution in [0.2, 0.25) is 0 Å². The van der Waals surface area contributed by atoms with Gasteiger partial charge in [0.15, 0.2) is 6.29 Å². The molecule has 0 saturated heterocycles. The van der Waals surface area contributed by atoms with E-state index in [4.69, 9.17) is 4.74 Å². The lowest BCUT2D eigenvalue weighted by Crippen LogP contribution is -1.96. The fourth-order valence-electron chi connectivity index (χ4n) is 1.35. The van der Waals surface area contributed by atoms with E-state index in [0.29, 0.717) is 11.3 Å². The van der Waals surface area contributed by atoms with Crippen LogP contribution < -0.4 is 4.74 Å². The summed E-state index contributed by atoms with van der Waals surface area (Å²) >= 11 is 3.35. The monoisotopic (exact) mass is 242 g/mol. The van der Waals surface area contributed by atoms with Crippen molar-refractivity contribution in [2.24, 2.45) is 0 Å². The summed E-state index contributed by atoms with van der Waals surface area (Å²) in [7, 11) is 1.57. The quantitative estimate of drug-likeness (QED) is 0.746. The molecule has 0 saturated carbocycles. The Morgan fingerprint density at radius 2 is 2.00 bits per heavy atom. The van der Waals surface area contributed by atoms with Crippen LogP contribution in [0, 0.1) is 13.8 Å². The highest BCUT2D eigenvalue weighted by Crippen LogP contribution is 2.31. The minimum absolute atomic E-state index is 0.583. The average Bonchev–Trinajstić information content (AvgIpc) is 2.10. The van der Waals surface area contributed by atoms with Crippen LogP contribution in [0.4, 0.5) is 0 Å². The molecule has 0 bridgehead atoms. The van der Waals surface area contributed by atoms with E-state index in [1.54, 1.807) is 7.11 Å². The zero-order valence-electron chi connectivity index (χ0n) is 7.85. The van der Waals surface area contributed by atoms with Gasteiger partial charge < -0.3 is 4.74 Å². The van der Waals surface area contributed by atoms with Crippen LogP contribution in [0.5, 0.6) is 5.75 Å². The highest BCUT2D eigenvalue weighted by Gasteiger charge is 2.11. The second-order valence-electron chi connectivity index (χ2n) is 2.89. The van der Waals surface area contributed by atoms with Gasteiger partial charge in [0.2, 0.25) is 0 Å². The zero-order valence-corrected chi connectivity index (χ0v) is 9.44. The first-order valence-electron chi connectivity index (χ1n) is 3.90. The summed E-state index contributed by atoms with van der Waals surface area (Å²) in [6, 6.07) is 1.98. The van der Waals surface area contributed by atoms with E-state index in [9.17, 15) is 4.79 Å². The lowest BCUT2D eigenvalue weighted by atomic mass is 10.1. The van der Waals surface area contributed by atoms with Crippen molar-refractivity contribution in [2.75, 3.05) is 7.11 Å².